The molecule has 0 aromatic heterocycles. The van der Waals surface area contributed by atoms with Gasteiger partial charge in [-0.1, -0.05) is 24.3 Å². The molecule has 1 aliphatic rings. The molecule has 0 aliphatic carbocycles. The summed E-state index contributed by atoms with van der Waals surface area (Å²) in [7, 11) is 4.33. The highest BCUT2D eigenvalue weighted by molar-refractivity contribution is 5.26. The van der Waals surface area contributed by atoms with Crippen molar-refractivity contribution in [2.45, 2.75) is 31.9 Å². The number of benzene rings is 1. The van der Waals surface area contributed by atoms with Gasteiger partial charge in [-0.15, -0.1) is 0 Å². The van der Waals surface area contributed by atoms with Gasteiger partial charge in [0.15, 0.2) is 0 Å². The molecule has 1 aliphatic heterocycles. The Morgan fingerprint density at radius 1 is 1.26 bits per heavy atom. The van der Waals surface area contributed by atoms with Crippen molar-refractivity contribution in [1.29, 1.82) is 0 Å². The van der Waals surface area contributed by atoms with E-state index in [1.54, 1.807) is 0 Å². The summed E-state index contributed by atoms with van der Waals surface area (Å²) in [5.41, 5.74) is 2.54. The number of aliphatic hydroxyl groups excluding tert-OH is 1. The maximum Gasteiger partial charge on any atom is 0.0596 e. The van der Waals surface area contributed by atoms with Crippen LogP contribution in [0.3, 0.4) is 0 Å². The van der Waals surface area contributed by atoms with Crippen LogP contribution in [0.15, 0.2) is 24.3 Å². The highest BCUT2D eigenvalue weighted by atomic mass is 16.3. The second kappa shape index (κ2) is 6.51. The van der Waals surface area contributed by atoms with E-state index in [0.717, 1.165) is 32.5 Å². The van der Waals surface area contributed by atoms with Gasteiger partial charge in [0.2, 0.25) is 0 Å². The van der Waals surface area contributed by atoms with E-state index >= 15 is 0 Å². The second-order valence-electron chi connectivity index (χ2n) is 5.92. The molecule has 1 aromatic carbocycles. The van der Waals surface area contributed by atoms with Crippen LogP contribution < -0.4 is 0 Å². The Balaban J connectivity index is 1.90. The normalized spacial score (nSPS) is 23.5. The molecule has 1 saturated heterocycles. The van der Waals surface area contributed by atoms with Crippen LogP contribution in [0.25, 0.3) is 0 Å². The third-order valence-corrected chi connectivity index (χ3v) is 4.24. The monoisotopic (exact) mass is 262 g/mol. The number of likely N-dealkylation sites (N-methyl/N-ethyl adjacent to an activating group) is 2. The summed E-state index contributed by atoms with van der Waals surface area (Å²) in [5.74, 6) is 0. The van der Waals surface area contributed by atoms with Crippen molar-refractivity contribution < 1.29 is 5.11 Å². The Hall–Kier alpha value is -0.900. The standard InChI is InChI=1S/C16H26N2O/c1-13-6-4-5-7-14(13)10-16(19)11-15-12-17(2)8-9-18(15)3/h4-7,15-16,19H,8-12H2,1-3H3. The summed E-state index contributed by atoms with van der Waals surface area (Å²) in [6.07, 6.45) is 1.37. The third kappa shape index (κ3) is 4.03. The fourth-order valence-electron chi connectivity index (χ4n) is 2.85. The fraction of sp³-hybridized carbons (Fsp3) is 0.625. The number of hydrogen-bond donors (Lipinski definition) is 1. The minimum absolute atomic E-state index is 0.250. The van der Waals surface area contributed by atoms with Crippen molar-refractivity contribution in [3.63, 3.8) is 0 Å². The molecule has 2 unspecified atom stereocenters. The molecular weight excluding hydrogens is 236 g/mol. The largest absolute Gasteiger partial charge is 0.393 e. The van der Waals surface area contributed by atoms with Crippen molar-refractivity contribution in [3.8, 4) is 0 Å². The van der Waals surface area contributed by atoms with E-state index in [1.165, 1.54) is 11.1 Å². The summed E-state index contributed by atoms with van der Waals surface area (Å²) >= 11 is 0. The van der Waals surface area contributed by atoms with Gasteiger partial charge in [-0.25, -0.2) is 0 Å². The summed E-state index contributed by atoms with van der Waals surface area (Å²) in [4.78, 5) is 4.73. The SMILES string of the molecule is Cc1ccccc1CC(O)CC1CN(C)CCN1C. The van der Waals surface area contributed by atoms with Crippen LogP contribution in [0.2, 0.25) is 0 Å². The maximum atomic E-state index is 10.3. The number of rotatable bonds is 4. The van der Waals surface area contributed by atoms with Gasteiger partial charge in [-0.2, -0.15) is 0 Å². The lowest BCUT2D eigenvalue weighted by Crippen LogP contribution is -2.51. The van der Waals surface area contributed by atoms with Gasteiger partial charge in [0.05, 0.1) is 6.10 Å². The lowest BCUT2D eigenvalue weighted by molar-refractivity contribution is 0.0638. The van der Waals surface area contributed by atoms with Gasteiger partial charge < -0.3 is 14.9 Å². The zero-order valence-electron chi connectivity index (χ0n) is 12.3. The van der Waals surface area contributed by atoms with E-state index in [2.05, 4.69) is 55.1 Å². The molecule has 0 amide bonds. The summed E-state index contributed by atoms with van der Waals surface area (Å²) in [6, 6.07) is 8.81. The molecule has 0 radical (unpaired) electrons. The molecule has 19 heavy (non-hydrogen) atoms. The Morgan fingerprint density at radius 2 is 2.00 bits per heavy atom. The summed E-state index contributed by atoms with van der Waals surface area (Å²) < 4.78 is 0. The molecule has 1 aromatic rings. The molecule has 106 valence electrons. The Kier molecular flexibility index (Phi) is 4.97. The van der Waals surface area contributed by atoms with Crippen molar-refractivity contribution in [2.24, 2.45) is 0 Å². The quantitative estimate of drug-likeness (QED) is 0.891. The molecule has 2 atom stereocenters. The van der Waals surface area contributed by atoms with Gasteiger partial charge in [0, 0.05) is 25.7 Å². The number of nitrogens with zero attached hydrogens (tertiary/aromatic N) is 2. The predicted molar refractivity (Wildman–Crippen MR) is 79.4 cm³/mol. The lowest BCUT2D eigenvalue weighted by Gasteiger charge is -2.38. The smallest absolute Gasteiger partial charge is 0.0596 e. The van der Waals surface area contributed by atoms with Gasteiger partial charge in [0.25, 0.3) is 0 Å². The van der Waals surface area contributed by atoms with Crippen LogP contribution in [0, 0.1) is 6.92 Å². The highest BCUT2D eigenvalue weighted by Crippen LogP contribution is 2.16. The van der Waals surface area contributed by atoms with E-state index in [1.807, 2.05) is 0 Å². The van der Waals surface area contributed by atoms with Crippen molar-refractivity contribution in [1.82, 2.24) is 9.80 Å². The highest BCUT2D eigenvalue weighted by Gasteiger charge is 2.24. The van der Waals surface area contributed by atoms with Crippen LogP contribution in [0.5, 0.6) is 0 Å². The molecule has 1 fully saturated rings. The first-order chi connectivity index (χ1) is 9.06. The first-order valence-electron chi connectivity index (χ1n) is 7.17. The minimum atomic E-state index is -0.250. The van der Waals surface area contributed by atoms with Crippen molar-refractivity contribution in [2.75, 3.05) is 33.7 Å². The molecular formula is C16H26N2O. The van der Waals surface area contributed by atoms with Gasteiger partial charge in [0.1, 0.15) is 0 Å². The number of hydrogen-bond acceptors (Lipinski definition) is 3. The van der Waals surface area contributed by atoms with Crippen LogP contribution in [-0.4, -0.2) is 60.8 Å². The topological polar surface area (TPSA) is 26.7 Å². The molecule has 0 saturated carbocycles. The first-order valence-corrected chi connectivity index (χ1v) is 7.17. The van der Waals surface area contributed by atoms with E-state index in [9.17, 15) is 5.11 Å². The molecule has 0 bridgehead atoms. The molecule has 2 rings (SSSR count). The second-order valence-corrected chi connectivity index (χ2v) is 5.92. The van der Waals surface area contributed by atoms with E-state index in [4.69, 9.17) is 0 Å². The number of aliphatic hydroxyl groups is 1. The average Bonchev–Trinajstić information content (AvgIpc) is 2.37. The van der Waals surface area contributed by atoms with Gasteiger partial charge in [-0.05, 0) is 45.0 Å². The summed E-state index contributed by atoms with van der Waals surface area (Å²) in [6.45, 7) is 5.39. The van der Waals surface area contributed by atoms with Crippen LogP contribution in [-0.2, 0) is 6.42 Å². The average molecular weight is 262 g/mol. The van der Waals surface area contributed by atoms with E-state index in [0.29, 0.717) is 6.04 Å². The van der Waals surface area contributed by atoms with Crippen LogP contribution in [0.4, 0.5) is 0 Å². The number of piperazine rings is 1. The molecule has 0 spiro atoms. The van der Waals surface area contributed by atoms with Crippen molar-refractivity contribution in [3.05, 3.63) is 35.4 Å². The fourth-order valence-corrected chi connectivity index (χ4v) is 2.85. The van der Waals surface area contributed by atoms with Crippen molar-refractivity contribution >= 4 is 0 Å². The number of aryl methyl sites for hydroxylation is 1. The van der Waals surface area contributed by atoms with E-state index in [-0.39, 0.29) is 6.10 Å². The minimum Gasteiger partial charge on any atom is -0.393 e. The third-order valence-electron chi connectivity index (χ3n) is 4.24. The molecule has 3 nitrogen and oxygen atoms in total. The van der Waals surface area contributed by atoms with Crippen LogP contribution in [0.1, 0.15) is 17.5 Å². The van der Waals surface area contributed by atoms with Gasteiger partial charge >= 0.3 is 0 Å². The molecule has 1 heterocycles. The Labute approximate surface area is 116 Å². The summed E-state index contributed by atoms with van der Waals surface area (Å²) in [5, 5.41) is 10.3. The molecule has 1 N–H and O–H groups in total. The zero-order valence-corrected chi connectivity index (χ0v) is 12.3. The predicted octanol–water partition coefficient (Wildman–Crippen LogP) is 1.53. The first kappa shape index (κ1) is 14.5. The molecule has 3 heteroatoms. The zero-order chi connectivity index (χ0) is 13.8. The van der Waals surface area contributed by atoms with Crippen LogP contribution >= 0.6 is 0 Å². The Morgan fingerprint density at radius 3 is 2.74 bits per heavy atom. The Bertz CT molecular complexity index is 407. The lowest BCUT2D eigenvalue weighted by atomic mass is 9.97. The van der Waals surface area contributed by atoms with E-state index < -0.39 is 0 Å². The maximum absolute atomic E-state index is 10.3. The van der Waals surface area contributed by atoms with Gasteiger partial charge in [-0.3, -0.25) is 0 Å².